The molecule has 2 amide bonds. The average Bonchev–Trinajstić information content (AvgIpc) is 2.59. The summed E-state index contributed by atoms with van der Waals surface area (Å²) >= 11 is 0. The van der Waals surface area contributed by atoms with Crippen molar-refractivity contribution in [2.24, 2.45) is 5.92 Å². The largest absolute Gasteiger partial charge is 0.416 e. The number of hydrogen-bond donors (Lipinski definition) is 1. The lowest BCUT2D eigenvalue weighted by molar-refractivity contribution is -0.137. The number of amides is 2. The molecule has 1 heterocycles. The maximum absolute atomic E-state index is 12.5. The molecule has 0 bridgehead atoms. The van der Waals surface area contributed by atoms with E-state index in [0.29, 0.717) is 38.0 Å². The van der Waals surface area contributed by atoms with Crippen molar-refractivity contribution in [2.45, 2.75) is 38.8 Å². The van der Waals surface area contributed by atoms with Crippen molar-refractivity contribution in [3.05, 3.63) is 35.4 Å². The summed E-state index contributed by atoms with van der Waals surface area (Å²) in [6.07, 6.45) is -2.17. The Bertz CT molecular complexity index is 591. The van der Waals surface area contributed by atoms with E-state index in [2.05, 4.69) is 5.32 Å². The second-order valence-corrected chi connectivity index (χ2v) is 6.32. The number of nitrogens with one attached hydrogen (secondary N) is 1. The molecule has 138 valence electrons. The zero-order valence-corrected chi connectivity index (χ0v) is 14.2. The van der Waals surface area contributed by atoms with Crippen LogP contribution in [0.4, 0.5) is 13.2 Å². The first-order valence-electron chi connectivity index (χ1n) is 8.53. The fourth-order valence-corrected chi connectivity index (χ4v) is 2.88. The number of halogens is 3. The number of alkyl halides is 3. The minimum absolute atomic E-state index is 0.0386. The monoisotopic (exact) mass is 356 g/mol. The van der Waals surface area contributed by atoms with Gasteiger partial charge in [-0.15, -0.1) is 0 Å². The second kappa shape index (κ2) is 8.36. The quantitative estimate of drug-likeness (QED) is 0.882. The summed E-state index contributed by atoms with van der Waals surface area (Å²) in [5.74, 6) is -0.148. The predicted octanol–water partition coefficient (Wildman–Crippen LogP) is 3.01. The van der Waals surface area contributed by atoms with E-state index in [-0.39, 0.29) is 24.2 Å². The summed E-state index contributed by atoms with van der Waals surface area (Å²) < 4.78 is 37.6. The molecule has 0 spiro atoms. The van der Waals surface area contributed by atoms with Crippen LogP contribution in [0.15, 0.2) is 24.3 Å². The Kier molecular flexibility index (Phi) is 6.45. The van der Waals surface area contributed by atoms with Crippen molar-refractivity contribution in [3.8, 4) is 0 Å². The first kappa shape index (κ1) is 19.3. The van der Waals surface area contributed by atoms with E-state index in [1.54, 1.807) is 4.90 Å². The molecule has 1 aliphatic rings. The van der Waals surface area contributed by atoms with Crippen molar-refractivity contribution in [2.75, 3.05) is 19.6 Å². The third-order valence-corrected chi connectivity index (χ3v) is 4.40. The maximum Gasteiger partial charge on any atom is 0.416 e. The van der Waals surface area contributed by atoms with Gasteiger partial charge >= 0.3 is 6.18 Å². The van der Waals surface area contributed by atoms with Crippen LogP contribution in [0.1, 0.15) is 37.3 Å². The number of nitrogens with zero attached hydrogens (tertiary/aromatic N) is 1. The molecule has 2 rings (SSSR count). The highest BCUT2D eigenvalue weighted by molar-refractivity contribution is 5.81. The summed E-state index contributed by atoms with van der Waals surface area (Å²) in [6.45, 7) is 3.65. The molecule has 1 aromatic carbocycles. The molecule has 0 aliphatic carbocycles. The molecular formula is C18H23F3N2O2. The van der Waals surface area contributed by atoms with Crippen LogP contribution < -0.4 is 5.32 Å². The highest BCUT2D eigenvalue weighted by Gasteiger charge is 2.30. The van der Waals surface area contributed by atoms with Crippen molar-refractivity contribution >= 4 is 11.8 Å². The number of hydrogen-bond acceptors (Lipinski definition) is 2. The summed E-state index contributed by atoms with van der Waals surface area (Å²) in [6, 6.07) is 4.66. The van der Waals surface area contributed by atoms with E-state index >= 15 is 0 Å². The minimum atomic E-state index is -4.37. The van der Waals surface area contributed by atoms with Crippen LogP contribution in [0.5, 0.6) is 0 Å². The van der Waals surface area contributed by atoms with E-state index < -0.39 is 11.7 Å². The van der Waals surface area contributed by atoms with Gasteiger partial charge in [-0.05, 0) is 37.0 Å². The van der Waals surface area contributed by atoms with Gasteiger partial charge in [0.1, 0.15) is 0 Å². The molecule has 0 atom stereocenters. The number of carbonyl (C=O) groups excluding carboxylic acids is 2. The smallest absolute Gasteiger partial charge is 0.356 e. The Morgan fingerprint density at radius 1 is 1.16 bits per heavy atom. The van der Waals surface area contributed by atoms with Crippen LogP contribution in [-0.4, -0.2) is 36.3 Å². The molecule has 1 saturated heterocycles. The van der Waals surface area contributed by atoms with Gasteiger partial charge in [0.2, 0.25) is 11.8 Å². The maximum atomic E-state index is 12.5. The predicted molar refractivity (Wildman–Crippen MR) is 87.8 cm³/mol. The third-order valence-electron chi connectivity index (χ3n) is 4.40. The zero-order chi connectivity index (χ0) is 18.4. The zero-order valence-electron chi connectivity index (χ0n) is 14.2. The van der Waals surface area contributed by atoms with E-state index in [4.69, 9.17) is 0 Å². The summed E-state index contributed by atoms with van der Waals surface area (Å²) in [5.41, 5.74) is -0.164. The van der Waals surface area contributed by atoms with Gasteiger partial charge in [-0.25, -0.2) is 0 Å². The van der Waals surface area contributed by atoms with E-state index in [9.17, 15) is 22.8 Å². The molecule has 0 aromatic heterocycles. The molecule has 1 aliphatic heterocycles. The van der Waals surface area contributed by atoms with Gasteiger partial charge in [-0.1, -0.05) is 19.1 Å². The summed E-state index contributed by atoms with van der Waals surface area (Å²) in [7, 11) is 0. The molecule has 1 fully saturated rings. The molecule has 0 radical (unpaired) electrons. The lowest BCUT2D eigenvalue weighted by atomic mass is 9.95. The lowest BCUT2D eigenvalue weighted by Gasteiger charge is -2.31. The fourth-order valence-electron chi connectivity index (χ4n) is 2.88. The lowest BCUT2D eigenvalue weighted by Crippen LogP contribution is -2.43. The Morgan fingerprint density at radius 3 is 2.28 bits per heavy atom. The van der Waals surface area contributed by atoms with Crippen molar-refractivity contribution < 1.29 is 22.8 Å². The number of rotatable bonds is 5. The van der Waals surface area contributed by atoms with Gasteiger partial charge < -0.3 is 10.2 Å². The molecule has 25 heavy (non-hydrogen) atoms. The molecule has 4 nitrogen and oxygen atoms in total. The summed E-state index contributed by atoms with van der Waals surface area (Å²) in [4.78, 5) is 25.9. The second-order valence-electron chi connectivity index (χ2n) is 6.32. The molecule has 1 N–H and O–H groups in total. The van der Waals surface area contributed by atoms with Gasteiger partial charge in [-0.2, -0.15) is 13.2 Å². The van der Waals surface area contributed by atoms with Crippen LogP contribution >= 0.6 is 0 Å². The van der Waals surface area contributed by atoms with Crippen molar-refractivity contribution in [1.29, 1.82) is 0 Å². The molecular weight excluding hydrogens is 333 g/mol. The topological polar surface area (TPSA) is 49.4 Å². The fraction of sp³-hybridized carbons (Fsp3) is 0.556. The van der Waals surface area contributed by atoms with Crippen LogP contribution in [-0.2, 0) is 22.2 Å². The molecule has 7 heteroatoms. The van der Waals surface area contributed by atoms with Crippen molar-refractivity contribution in [3.63, 3.8) is 0 Å². The average molecular weight is 356 g/mol. The summed E-state index contributed by atoms with van der Waals surface area (Å²) in [5, 5.41) is 2.87. The Balaban J connectivity index is 1.83. The van der Waals surface area contributed by atoms with Gasteiger partial charge in [0.15, 0.2) is 0 Å². The Morgan fingerprint density at radius 2 is 1.76 bits per heavy atom. The number of likely N-dealkylation sites (tertiary alicyclic amines) is 1. The molecule has 0 saturated carbocycles. The van der Waals surface area contributed by atoms with E-state index in [1.165, 1.54) is 12.1 Å². The Hall–Kier alpha value is -2.05. The van der Waals surface area contributed by atoms with E-state index in [0.717, 1.165) is 18.6 Å². The van der Waals surface area contributed by atoms with Crippen LogP contribution in [0.2, 0.25) is 0 Å². The third kappa shape index (κ3) is 5.47. The van der Waals surface area contributed by atoms with Crippen LogP contribution in [0.3, 0.4) is 0 Å². The standard InChI is InChI=1S/C18H23F3N2O2/c1-2-9-22-17(25)14-7-10-23(11-8-14)16(24)12-13-3-5-15(6-4-13)18(19,20)21/h3-6,14H,2,7-12H2,1H3,(H,22,25). The minimum Gasteiger partial charge on any atom is -0.356 e. The van der Waals surface area contributed by atoms with Crippen LogP contribution in [0, 0.1) is 5.92 Å². The first-order valence-corrected chi connectivity index (χ1v) is 8.53. The molecule has 0 unspecified atom stereocenters. The van der Waals surface area contributed by atoms with Gasteiger partial charge in [0.05, 0.1) is 12.0 Å². The number of benzene rings is 1. The Labute approximate surface area is 145 Å². The highest BCUT2D eigenvalue weighted by atomic mass is 19.4. The SMILES string of the molecule is CCCNC(=O)C1CCN(C(=O)Cc2ccc(C(F)(F)F)cc2)CC1. The first-order chi connectivity index (χ1) is 11.8. The van der Waals surface area contributed by atoms with Gasteiger partial charge in [-0.3, -0.25) is 9.59 Å². The number of piperidine rings is 1. The van der Waals surface area contributed by atoms with Crippen molar-refractivity contribution in [1.82, 2.24) is 10.2 Å². The van der Waals surface area contributed by atoms with Crippen LogP contribution in [0.25, 0.3) is 0 Å². The highest BCUT2D eigenvalue weighted by Crippen LogP contribution is 2.29. The van der Waals surface area contributed by atoms with Gasteiger partial charge in [0.25, 0.3) is 0 Å². The normalized spacial score (nSPS) is 15.9. The number of carbonyl (C=O) groups is 2. The van der Waals surface area contributed by atoms with Gasteiger partial charge in [0, 0.05) is 25.6 Å². The van der Waals surface area contributed by atoms with E-state index in [1.807, 2.05) is 6.92 Å². The molecule has 1 aromatic rings.